The molecule has 0 spiro atoms. The lowest BCUT2D eigenvalue weighted by Crippen LogP contribution is -2.25. The number of ether oxygens (including phenoxy) is 2. The SMILES string of the molecule is CC(C)(C)C(=O)Oc1cc(C=O)ccc1Oc1ccc(C=O)cc1. The third-order valence-electron chi connectivity index (χ3n) is 3.16. The molecule has 2 aromatic rings. The van der Waals surface area contributed by atoms with E-state index in [4.69, 9.17) is 9.47 Å². The predicted molar refractivity (Wildman–Crippen MR) is 88.8 cm³/mol. The second-order valence-electron chi connectivity index (χ2n) is 6.25. The zero-order chi connectivity index (χ0) is 17.7. The van der Waals surface area contributed by atoms with Gasteiger partial charge in [0, 0.05) is 11.1 Å². The van der Waals surface area contributed by atoms with E-state index in [9.17, 15) is 14.4 Å². The Kier molecular flexibility index (Phi) is 5.14. The van der Waals surface area contributed by atoms with Crippen molar-refractivity contribution in [1.82, 2.24) is 0 Å². The summed E-state index contributed by atoms with van der Waals surface area (Å²) in [5, 5.41) is 0. The number of aldehydes is 2. The molecule has 0 radical (unpaired) electrons. The largest absolute Gasteiger partial charge is 0.453 e. The molecule has 0 aliphatic heterocycles. The van der Waals surface area contributed by atoms with Gasteiger partial charge in [0.05, 0.1) is 5.41 Å². The van der Waals surface area contributed by atoms with Crippen LogP contribution in [0.1, 0.15) is 41.5 Å². The molecule has 0 saturated carbocycles. The second-order valence-corrected chi connectivity index (χ2v) is 6.25. The third-order valence-corrected chi connectivity index (χ3v) is 3.16. The number of benzene rings is 2. The Balaban J connectivity index is 2.32. The van der Waals surface area contributed by atoms with Gasteiger partial charge in [-0.1, -0.05) is 0 Å². The quantitative estimate of drug-likeness (QED) is 0.471. The first-order valence-electron chi connectivity index (χ1n) is 7.38. The Bertz CT molecular complexity index is 754. The summed E-state index contributed by atoms with van der Waals surface area (Å²) in [5.74, 6) is 0.509. The molecule has 0 aliphatic rings. The van der Waals surface area contributed by atoms with Gasteiger partial charge in [0.1, 0.15) is 18.3 Å². The van der Waals surface area contributed by atoms with Crippen LogP contribution in [0.5, 0.6) is 17.2 Å². The molecule has 0 heterocycles. The van der Waals surface area contributed by atoms with Crippen LogP contribution in [0.25, 0.3) is 0 Å². The highest BCUT2D eigenvalue weighted by Crippen LogP contribution is 2.33. The van der Waals surface area contributed by atoms with Crippen LogP contribution in [0.3, 0.4) is 0 Å². The summed E-state index contributed by atoms with van der Waals surface area (Å²) in [6.45, 7) is 5.20. The zero-order valence-corrected chi connectivity index (χ0v) is 13.7. The Morgan fingerprint density at radius 3 is 2.00 bits per heavy atom. The molecule has 5 heteroatoms. The van der Waals surface area contributed by atoms with Crippen molar-refractivity contribution in [3.05, 3.63) is 53.6 Å². The monoisotopic (exact) mass is 326 g/mol. The Hall–Kier alpha value is -2.95. The summed E-state index contributed by atoms with van der Waals surface area (Å²) >= 11 is 0. The maximum Gasteiger partial charge on any atom is 0.316 e. The lowest BCUT2D eigenvalue weighted by molar-refractivity contribution is -0.143. The molecule has 0 saturated heterocycles. The summed E-state index contributed by atoms with van der Waals surface area (Å²) in [7, 11) is 0. The number of carbonyl (C=O) groups is 3. The maximum atomic E-state index is 12.1. The molecule has 0 aromatic heterocycles. The van der Waals surface area contributed by atoms with Gasteiger partial charge in [0.2, 0.25) is 0 Å². The van der Waals surface area contributed by atoms with Gasteiger partial charge in [-0.15, -0.1) is 0 Å². The smallest absolute Gasteiger partial charge is 0.316 e. The highest BCUT2D eigenvalue weighted by Gasteiger charge is 2.25. The molecule has 0 atom stereocenters. The molecule has 2 aromatic carbocycles. The van der Waals surface area contributed by atoms with Crippen LogP contribution in [0, 0.1) is 5.41 Å². The fourth-order valence-corrected chi connectivity index (χ4v) is 1.76. The number of carbonyl (C=O) groups excluding carboxylic acids is 3. The van der Waals surface area contributed by atoms with E-state index in [-0.39, 0.29) is 5.75 Å². The summed E-state index contributed by atoms with van der Waals surface area (Å²) in [6.07, 6.45) is 1.40. The highest BCUT2D eigenvalue weighted by molar-refractivity contribution is 5.81. The van der Waals surface area contributed by atoms with E-state index in [1.165, 1.54) is 6.07 Å². The van der Waals surface area contributed by atoms with E-state index in [1.807, 2.05) is 0 Å². The molecule has 5 nitrogen and oxygen atoms in total. The first kappa shape index (κ1) is 17.4. The number of hydrogen-bond donors (Lipinski definition) is 0. The lowest BCUT2D eigenvalue weighted by atomic mass is 9.97. The van der Waals surface area contributed by atoms with Gasteiger partial charge >= 0.3 is 5.97 Å². The maximum absolute atomic E-state index is 12.1. The van der Waals surface area contributed by atoms with Gasteiger partial charge < -0.3 is 9.47 Å². The van der Waals surface area contributed by atoms with E-state index >= 15 is 0 Å². The summed E-state index contributed by atoms with van der Waals surface area (Å²) in [5.41, 5.74) is 0.202. The molecule has 0 N–H and O–H groups in total. The Labute approximate surface area is 140 Å². The molecule has 124 valence electrons. The highest BCUT2D eigenvalue weighted by atomic mass is 16.6. The van der Waals surface area contributed by atoms with E-state index < -0.39 is 11.4 Å². The Morgan fingerprint density at radius 1 is 0.875 bits per heavy atom. The minimum atomic E-state index is -0.694. The van der Waals surface area contributed by atoms with E-state index in [2.05, 4.69) is 0 Å². The van der Waals surface area contributed by atoms with Crippen LogP contribution in [-0.4, -0.2) is 18.5 Å². The van der Waals surface area contributed by atoms with Gasteiger partial charge in [-0.3, -0.25) is 14.4 Å². The summed E-state index contributed by atoms with van der Waals surface area (Å²) in [6, 6.07) is 11.1. The van der Waals surface area contributed by atoms with Crippen molar-refractivity contribution in [3.63, 3.8) is 0 Å². The minimum Gasteiger partial charge on any atom is -0.453 e. The molecular formula is C19H18O5. The van der Waals surface area contributed by atoms with Crippen molar-refractivity contribution >= 4 is 18.5 Å². The average Bonchev–Trinajstić information content (AvgIpc) is 2.56. The van der Waals surface area contributed by atoms with E-state index in [0.717, 1.165) is 6.29 Å². The first-order valence-corrected chi connectivity index (χ1v) is 7.38. The zero-order valence-electron chi connectivity index (χ0n) is 13.7. The van der Waals surface area contributed by atoms with Crippen molar-refractivity contribution in [2.45, 2.75) is 20.8 Å². The van der Waals surface area contributed by atoms with Crippen LogP contribution >= 0.6 is 0 Å². The molecule has 0 fully saturated rings. The lowest BCUT2D eigenvalue weighted by Gasteiger charge is -2.18. The fraction of sp³-hybridized carbons (Fsp3) is 0.211. The number of esters is 1. The predicted octanol–water partition coefficient (Wildman–Crippen LogP) is 4.06. The molecule has 24 heavy (non-hydrogen) atoms. The molecule has 0 bridgehead atoms. The van der Waals surface area contributed by atoms with Crippen molar-refractivity contribution in [2.75, 3.05) is 0 Å². The van der Waals surface area contributed by atoms with Gasteiger partial charge in [0.25, 0.3) is 0 Å². The fourth-order valence-electron chi connectivity index (χ4n) is 1.76. The summed E-state index contributed by atoms with van der Waals surface area (Å²) in [4.78, 5) is 33.8. The molecule has 0 aliphatic carbocycles. The van der Waals surface area contributed by atoms with Gasteiger partial charge in [-0.25, -0.2) is 0 Å². The van der Waals surface area contributed by atoms with Crippen LogP contribution in [0.15, 0.2) is 42.5 Å². The summed E-state index contributed by atoms with van der Waals surface area (Å²) < 4.78 is 11.1. The van der Waals surface area contributed by atoms with Crippen LogP contribution < -0.4 is 9.47 Å². The van der Waals surface area contributed by atoms with Crippen molar-refractivity contribution in [2.24, 2.45) is 5.41 Å². The normalized spacial score (nSPS) is 10.8. The topological polar surface area (TPSA) is 69.7 Å². The first-order chi connectivity index (χ1) is 11.3. The van der Waals surface area contributed by atoms with Gasteiger partial charge in [-0.2, -0.15) is 0 Å². The van der Waals surface area contributed by atoms with Crippen LogP contribution in [0.4, 0.5) is 0 Å². The molecular weight excluding hydrogens is 308 g/mol. The van der Waals surface area contributed by atoms with Crippen molar-refractivity contribution in [1.29, 1.82) is 0 Å². The Morgan fingerprint density at radius 2 is 1.46 bits per heavy atom. The molecule has 0 amide bonds. The van der Waals surface area contributed by atoms with E-state index in [1.54, 1.807) is 57.2 Å². The third kappa shape index (κ3) is 4.29. The number of hydrogen-bond acceptors (Lipinski definition) is 5. The minimum absolute atomic E-state index is 0.166. The van der Waals surface area contributed by atoms with Crippen LogP contribution in [-0.2, 0) is 4.79 Å². The molecule has 0 unspecified atom stereocenters. The second kappa shape index (κ2) is 7.08. The van der Waals surface area contributed by atoms with Crippen molar-refractivity contribution < 1.29 is 23.9 Å². The standard InChI is InChI=1S/C19H18O5/c1-19(2,3)18(22)24-17-10-14(12-21)6-9-16(17)23-15-7-4-13(11-20)5-8-15/h4-12H,1-3H3. The van der Waals surface area contributed by atoms with Gasteiger partial charge in [0.15, 0.2) is 11.5 Å². The number of rotatable bonds is 5. The van der Waals surface area contributed by atoms with E-state index in [0.29, 0.717) is 28.9 Å². The molecule has 2 rings (SSSR count). The van der Waals surface area contributed by atoms with Gasteiger partial charge in [-0.05, 0) is 63.2 Å². The van der Waals surface area contributed by atoms with Crippen LogP contribution in [0.2, 0.25) is 0 Å². The average molecular weight is 326 g/mol. The van der Waals surface area contributed by atoms with Crippen molar-refractivity contribution in [3.8, 4) is 17.2 Å².